The van der Waals surface area contributed by atoms with Crippen molar-refractivity contribution in [2.24, 2.45) is 0 Å². The van der Waals surface area contributed by atoms with E-state index in [0.717, 1.165) is 43.4 Å². The van der Waals surface area contributed by atoms with Crippen molar-refractivity contribution in [1.29, 1.82) is 0 Å². The van der Waals surface area contributed by atoms with Gasteiger partial charge in [-0.2, -0.15) is 18.2 Å². The minimum Gasteiger partial charge on any atom is -0.352 e. The van der Waals surface area contributed by atoms with Crippen molar-refractivity contribution in [3.63, 3.8) is 0 Å². The molecule has 0 bridgehead atoms. The maximum Gasteiger partial charge on any atom is 0.419 e. The number of hydrogen-bond acceptors (Lipinski definition) is 6. The maximum atomic E-state index is 14.0. The van der Waals surface area contributed by atoms with Crippen molar-refractivity contribution < 1.29 is 17.6 Å². The second-order valence-corrected chi connectivity index (χ2v) is 9.78. The molecular formula is C27H30F4N6. The Morgan fingerprint density at radius 2 is 1.70 bits per heavy atom. The van der Waals surface area contributed by atoms with Gasteiger partial charge in [0.05, 0.1) is 11.3 Å². The van der Waals surface area contributed by atoms with Crippen LogP contribution < -0.4 is 14.7 Å². The third kappa shape index (κ3) is 5.33. The maximum absolute atomic E-state index is 14.0. The number of rotatable bonds is 4. The van der Waals surface area contributed by atoms with E-state index in [1.54, 1.807) is 24.0 Å². The number of aromatic nitrogens is 3. The monoisotopic (exact) mass is 514 g/mol. The van der Waals surface area contributed by atoms with E-state index in [-0.39, 0.29) is 17.7 Å². The van der Waals surface area contributed by atoms with E-state index in [0.29, 0.717) is 36.8 Å². The number of piperazine rings is 1. The summed E-state index contributed by atoms with van der Waals surface area (Å²) in [6, 6.07) is 9.11. The van der Waals surface area contributed by atoms with Crippen molar-refractivity contribution in [3.05, 3.63) is 59.5 Å². The van der Waals surface area contributed by atoms with E-state index in [2.05, 4.69) is 14.8 Å². The molecule has 5 rings (SSSR count). The summed E-state index contributed by atoms with van der Waals surface area (Å²) >= 11 is 0. The Labute approximate surface area is 214 Å². The fraction of sp³-hybridized carbons (Fsp3) is 0.444. The van der Waals surface area contributed by atoms with E-state index < -0.39 is 11.7 Å². The topological polar surface area (TPSA) is 48.4 Å². The molecule has 0 unspecified atom stereocenters. The number of anilines is 3. The third-order valence-electron chi connectivity index (χ3n) is 7.11. The second kappa shape index (κ2) is 10.1. The van der Waals surface area contributed by atoms with E-state index in [4.69, 9.17) is 9.97 Å². The Morgan fingerprint density at radius 3 is 2.41 bits per heavy atom. The molecule has 196 valence electrons. The van der Waals surface area contributed by atoms with Crippen LogP contribution in [0.2, 0.25) is 0 Å². The minimum absolute atomic E-state index is 0.0410. The standard InChI is InChI=1S/C27H30F4N6/c1-18-15-20(8-9-22(18)28)23-16-24(34-26(33-23)35-11-4-3-5-12-35)37-14-13-36(17-19(37)2)25-21(27(29,30)31)7-6-10-32-25/h6-10,15-16,19H,3-5,11-14,17H2,1-2H3/t19-/m1/s1. The Bertz CT molecular complexity index is 1260. The van der Waals surface area contributed by atoms with Crippen LogP contribution in [0.3, 0.4) is 0 Å². The van der Waals surface area contributed by atoms with E-state index in [1.807, 2.05) is 13.0 Å². The van der Waals surface area contributed by atoms with Gasteiger partial charge in [0.1, 0.15) is 17.5 Å². The lowest BCUT2D eigenvalue weighted by Crippen LogP contribution is -2.53. The number of benzene rings is 1. The van der Waals surface area contributed by atoms with Crippen LogP contribution in [0.5, 0.6) is 0 Å². The fourth-order valence-corrected chi connectivity index (χ4v) is 5.12. The van der Waals surface area contributed by atoms with Gasteiger partial charge in [0.15, 0.2) is 0 Å². The number of nitrogens with zero attached hydrogens (tertiary/aromatic N) is 6. The van der Waals surface area contributed by atoms with Gasteiger partial charge < -0.3 is 14.7 Å². The molecule has 0 amide bonds. The van der Waals surface area contributed by atoms with Crippen LogP contribution in [-0.4, -0.2) is 53.7 Å². The van der Waals surface area contributed by atoms with Crippen molar-refractivity contribution >= 4 is 17.6 Å². The SMILES string of the molecule is Cc1cc(-c2cc(N3CCN(c4ncccc4C(F)(F)F)C[C@H]3C)nc(N3CCCCC3)n2)ccc1F. The number of pyridine rings is 1. The van der Waals surface area contributed by atoms with Gasteiger partial charge >= 0.3 is 6.18 Å². The van der Waals surface area contributed by atoms with Gasteiger partial charge in [0.25, 0.3) is 0 Å². The highest BCUT2D eigenvalue weighted by atomic mass is 19.4. The van der Waals surface area contributed by atoms with Crippen LogP contribution in [0.25, 0.3) is 11.3 Å². The summed E-state index contributed by atoms with van der Waals surface area (Å²) in [5.74, 6) is 1.04. The predicted octanol–water partition coefficient (Wildman–Crippen LogP) is 5.71. The van der Waals surface area contributed by atoms with Gasteiger partial charge in [0, 0.05) is 56.6 Å². The molecule has 6 nitrogen and oxygen atoms in total. The molecule has 0 radical (unpaired) electrons. The summed E-state index contributed by atoms with van der Waals surface area (Å²) in [6.45, 7) is 6.66. The molecule has 10 heteroatoms. The fourth-order valence-electron chi connectivity index (χ4n) is 5.12. The summed E-state index contributed by atoms with van der Waals surface area (Å²) < 4.78 is 54.8. The number of halogens is 4. The van der Waals surface area contributed by atoms with E-state index in [1.165, 1.54) is 24.8 Å². The molecule has 2 aromatic heterocycles. The average Bonchev–Trinajstić information content (AvgIpc) is 2.90. The molecule has 0 aliphatic carbocycles. The quantitative estimate of drug-likeness (QED) is 0.416. The molecule has 1 aromatic carbocycles. The molecule has 0 spiro atoms. The van der Waals surface area contributed by atoms with Gasteiger partial charge in [-0.05, 0) is 69.0 Å². The van der Waals surface area contributed by atoms with Crippen LogP contribution >= 0.6 is 0 Å². The molecule has 3 aromatic rings. The minimum atomic E-state index is -4.47. The molecule has 2 fully saturated rings. The lowest BCUT2D eigenvalue weighted by atomic mass is 10.1. The Hall–Kier alpha value is -3.43. The van der Waals surface area contributed by atoms with Gasteiger partial charge in [-0.25, -0.2) is 14.4 Å². The summed E-state index contributed by atoms with van der Waals surface area (Å²) in [5.41, 5.74) is 1.32. The number of piperidine rings is 1. The van der Waals surface area contributed by atoms with Crippen molar-refractivity contribution in [2.45, 2.75) is 45.3 Å². The lowest BCUT2D eigenvalue weighted by Gasteiger charge is -2.42. The Balaban J connectivity index is 1.47. The normalized spacial score (nSPS) is 18.9. The van der Waals surface area contributed by atoms with E-state index >= 15 is 0 Å². The summed E-state index contributed by atoms with van der Waals surface area (Å²) in [4.78, 5) is 19.8. The van der Waals surface area contributed by atoms with Gasteiger partial charge in [-0.15, -0.1) is 0 Å². The zero-order chi connectivity index (χ0) is 26.2. The second-order valence-electron chi connectivity index (χ2n) is 9.78. The summed E-state index contributed by atoms with van der Waals surface area (Å²) in [5, 5.41) is 0. The van der Waals surface area contributed by atoms with Gasteiger partial charge in [-0.1, -0.05) is 0 Å². The average molecular weight is 515 g/mol. The third-order valence-corrected chi connectivity index (χ3v) is 7.11. The van der Waals surface area contributed by atoms with Crippen LogP contribution in [0.1, 0.15) is 37.3 Å². The molecule has 1 atom stereocenters. The van der Waals surface area contributed by atoms with Crippen LogP contribution in [0.15, 0.2) is 42.6 Å². The number of alkyl halides is 3. The predicted molar refractivity (Wildman–Crippen MR) is 136 cm³/mol. The molecule has 2 saturated heterocycles. The highest BCUT2D eigenvalue weighted by Gasteiger charge is 2.37. The summed E-state index contributed by atoms with van der Waals surface area (Å²) in [6.07, 6.45) is 0.237. The van der Waals surface area contributed by atoms with Crippen LogP contribution in [-0.2, 0) is 6.18 Å². The molecule has 0 N–H and O–H groups in total. The molecule has 37 heavy (non-hydrogen) atoms. The smallest absolute Gasteiger partial charge is 0.352 e. The number of aryl methyl sites for hydroxylation is 1. The van der Waals surface area contributed by atoms with Crippen LogP contribution in [0.4, 0.5) is 35.1 Å². The highest BCUT2D eigenvalue weighted by Crippen LogP contribution is 2.36. The first-order valence-electron chi connectivity index (χ1n) is 12.6. The molecule has 4 heterocycles. The first-order valence-corrected chi connectivity index (χ1v) is 12.6. The lowest BCUT2D eigenvalue weighted by molar-refractivity contribution is -0.137. The molecule has 0 saturated carbocycles. The highest BCUT2D eigenvalue weighted by molar-refractivity contribution is 5.66. The summed E-state index contributed by atoms with van der Waals surface area (Å²) in [7, 11) is 0. The van der Waals surface area contributed by atoms with Crippen molar-refractivity contribution in [3.8, 4) is 11.3 Å². The largest absolute Gasteiger partial charge is 0.419 e. The van der Waals surface area contributed by atoms with E-state index in [9.17, 15) is 17.6 Å². The molecular weight excluding hydrogens is 484 g/mol. The first-order chi connectivity index (χ1) is 17.7. The van der Waals surface area contributed by atoms with Gasteiger partial charge in [-0.3, -0.25) is 0 Å². The van der Waals surface area contributed by atoms with Crippen molar-refractivity contribution in [2.75, 3.05) is 47.4 Å². The van der Waals surface area contributed by atoms with Crippen LogP contribution in [0, 0.1) is 12.7 Å². The Kier molecular flexibility index (Phi) is 6.92. The Morgan fingerprint density at radius 1 is 0.919 bits per heavy atom. The number of hydrogen-bond donors (Lipinski definition) is 0. The zero-order valence-electron chi connectivity index (χ0n) is 21.0. The zero-order valence-corrected chi connectivity index (χ0v) is 21.0. The molecule has 2 aliphatic rings. The van der Waals surface area contributed by atoms with Gasteiger partial charge in [0.2, 0.25) is 5.95 Å². The van der Waals surface area contributed by atoms with Crippen molar-refractivity contribution in [1.82, 2.24) is 15.0 Å². The first kappa shape index (κ1) is 25.2. The molecule has 2 aliphatic heterocycles.